The van der Waals surface area contributed by atoms with Crippen LogP contribution in [0.3, 0.4) is 0 Å². The quantitative estimate of drug-likeness (QED) is 0.714. The first-order chi connectivity index (χ1) is 11.4. The van der Waals surface area contributed by atoms with Gasteiger partial charge in [-0.2, -0.15) is 0 Å². The van der Waals surface area contributed by atoms with Gasteiger partial charge in [-0.15, -0.1) is 12.4 Å². The Bertz CT molecular complexity index is 610. The zero-order chi connectivity index (χ0) is 15.7. The molecule has 2 aromatic rings. The van der Waals surface area contributed by atoms with Crippen LogP contribution in [0, 0.1) is 0 Å². The number of aliphatic imine (C=N–C) groups is 1. The number of anilines is 1. The molecule has 0 N–H and O–H groups in total. The topological polar surface area (TPSA) is 15.6 Å². The average Bonchev–Trinajstić information content (AvgIpc) is 2.58. The van der Waals surface area contributed by atoms with Crippen LogP contribution in [0.4, 0.5) is 5.69 Å². The molecule has 0 bridgehead atoms. The van der Waals surface area contributed by atoms with Crippen LogP contribution in [0.2, 0.25) is 0 Å². The average molecular weight is 343 g/mol. The highest BCUT2D eigenvalue weighted by molar-refractivity contribution is 5.97. The number of halogens is 1. The molecule has 0 radical (unpaired) electrons. The van der Waals surface area contributed by atoms with Gasteiger partial charge in [-0.3, -0.25) is 4.99 Å². The first-order valence-electron chi connectivity index (χ1n) is 8.83. The maximum Gasteiger partial charge on any atom is 0.103 e. The Labute approximate surface area is 152 Å². The molecule has 0 fully saturated rings. The van der Waals surface area contributed by atoms with E-state index in [4.69, 9.17) is 4.99 Å². The zero-order valence-corrected chi connectivity index (χ0v) is 15.0. The van der Waals surface area contributed by atoms with Crippen molar-refractivity contribution in [1.82, 2.24) is 0 Å². The van der Waals surface area contributed by atoms with Crippen LogP contribution >= 0.6 is 12.4 Å². The lowest BCUT2D eigenvalue weighted by Crippen LogP contribution is -2.33. The highest BCUT2D eigenvalue weighted by atomic mass is 35.5. The third-order valence-corrected chi connectivity index (χ3v) is 4.45. The van der Waals surface area contributed by atoms with E-state index in [2.05, 4.69) is 65.6 Å². The molecule has 0 atom stereocenters. The minimum atomic E-state index is 0. The second-order valence-corrected chi connectivity index (χ2v) is 6.18. The summed E-state index contributed by atoms with van der Waals surface area (Å²) in [6, 6.07) is 21.5. The van der Waals surface area contributed by atoms with Crippen LogP contribution in [0.5, 0.6) is 0 Å². The lowest BCUT2D eigenvalue weighted by Gasteiger charge is -2.27. The largest absolute Gasteiger partial charge is 0.330 e. The smallest absolute Gasteiger partial charge is 0.103 e. The molecule has 0 spiro atoms. The molecule has 2 aromatic carbocycles. The van der Waals surface area contributed by atoms with E-state index >= 15 is 0 Å². The molecule has 0 saturated carbocycles. The summed E-state index contributed by atoms with van der Waals surface area (Å²) in [5, 5.41) is 0. The molecule has 1 heterocycles. The van der Waals surface area contributed by atoms with Crippen molar-refractivity contribution in [2.45, 2.75) is 38.5 Å². The summed E-state index contributed by atoms with van der Waals surface area (Å²) in [7, 11) is 0. The van der Waals surface area contributed by atoms with Gasteiger partial charge < -0.3 is 4.90 Å². The molecular formula is C21H27ClN2. The fourth-order valence-electron chi connectivity index (χ4n) is 3.16. The molecular weight excluding hydrogens is 316 g/mol. The third-order valence-electron chi connectivity index (χ3n) is 4.45. The van der Waals surface area contributed by atoms with E-state index in [9.17, 15) is 0 Å². The minimum Gasteiger partial charge on any atom is -0.330 e. The molecule has 128 valence electrons. The third kappa shape index (κ3) is 5.38. The van der Waals surface area contributed by atoms with Crippen molar-refractivity contribution in [2.75, 3.05) is 18.0 Å². The van der Waals surface area contributed by atoms with Crippen LogP contribution in [-0.4, -0.2) is 18.9 Å². The lowest BCUT2D eigenvalue weighted by molar-refractivity contribution is 0.638. The van der Waals surface area contributed by atoms with Crippen molar-refractivity contribution in [1.29, 1.82) is 0 Å². The number of hydrogen-bond donors (Lipinski definition) is 0. The normalized spacial score (nSPS) is 14.8. The second-order valence-electron chi connectivity index (χ2n) is 6.18. The number of rotatable bonds is 4. The molecule has 0 saturated heterocycles. The van der Waals surface area contributed by atoms with Crippen LogP contribution in [0.1, 0.15) is 37.7 Å². The van der Waals surface area contributed by atoms with Gasteiger partial charge in [0.1, 0.15) is 5.84 Å². The van der Waals surface area contributed by atoms with Crippen molar-refractivity contribution in [2.24, 2.45) is 4.99 Å². The Hall–Kier alpha value is -1.80. The molecule has 0 aliphatic carbocycles. The Kier molecular flexibility index (Phi) is 7.84. The predicted octanol–water partition coefficient (Wildman–Crippen LogP) is 5.52. The second kappa shape index (κ2) is 10.1. The van der Waals surface area contributed by atoms with Crippen LogP contribution in [0.15, 0.2) is 65.7 Å². The SMILES string of the molecule is Cl.c1ccc(CCN(C2=NCCCCCC2)c2ccccc2)cc1. The number of amidine groups is 1. The summed E-state index contributed by atoms with van der Waals surface area (Å²) in [5.41, 5.74) is 2.66. The summed E-state index contributed by atoms with van der Waals surface area (Å²) in [6.07, 6.45) is 7.29. The first-order valence-corrected chi connectivity index (χ1v) is 8.83. The first kappa shape index (κ1) is 18.5. The van der Waals surface area contributed by atoms with Crippen LogP contribution < -0.4 is 4.90 Å². The van der Waals surface area contributed by atoms with E-state index in [1.54, 1.807) is 0 Å². The standard InChI is InChI=1S/C21H26N2.ClH/c1-2-10-17-22-21(15-9-1)23(20-13-7-4-8-14-20)18-16-19-11-5-3-6-12-19;/h3-8,11-14H,1-2,9-10,15-18H2;1H. The molecule has 1 aliphatic rings. The maximum absolute atomic E-state index is 4.91. The zero-order valence-electron chi connectivity index (χ0n) is 14.2. The minimum absolute atomic E-state index is 0. The van der Waals surface area contributed by atoms with Crippen molar-refractivity contribution >= 4 is 23.9 Å². The molecule has 24 heavy (non-hydrogen) atoms. The molecule has 0 aromatic heterocycles. The summed E-state index contributed by atoms with van der Waals surface area (Å²) in [4.78, 5) is 7.34. The van der Waals surface area contributed by atoms with Crippen LogP contribution in [0.25, 0.3) is 0 Å². The van der Waals surface area contributed by atoms with Crippen molar-refractivity contribution in [3.63, 3.8) is 0 Å². The molecule has 3 heteroatoms. The van der Waals surface area contributed by atoms with Gasteiger partial charge in [0.25, 0.3) is 0 Å². The summed E-state index contributed by atoms with van der Waals surface area (Å²) >= 11 is 0. The lowest BCUT2D eigenvalue weighted by atomic mass is 10.1. The van der Waals surface area contributed by atoms with Gasteiger partial charge in [0, 0.05) is 25.2 Å². The van der Waals surface area contributed by atoms with Crippen molar-refractivity contribution in [3.8, 4) is 0 Å². The Morgan fingerprint density at radius 2 is 1.46 bits per heavy atom. The van der Waals surface area contributed by atoms with Gasteiger partial charge in [-0.05, 0) is 37.0 Å². The van der Waals surface area contributed by atoms with E-state index in [-0.39, 0.29) is 12.4 Å². The summed E-state index contributed by atoms with van der Waals surface area (Å²) < 4.78 is 0. The summed E-state index contributed by atoms with van der Waals surface area (Å²) in [5.74, 6) is 1.27. The highest BCUT2D eigenvalue weighted by Crippen LogP contribution is 2.19. The van der Waals surface area contributed by atoms with Gasteiger partial charge in [-0.25, -0.2) is 0 Å². The predicted molar refractivity (Wildman–Crippen MR) is 107 cm³/mol. The van der Waals surface area contributed by atoms with E-state index in [0.717, 1.165) is 25.9 Å². The molecule has 1 aliphatic heterocycles. The number of hydrogen-bond acceptors (Lipinski definition) is 2. The van der Waals surface area contributed by atoms with Gasteiger partial charge in [0.15, 0.2) is 0 Å². The molecule has 2 nitrogen and oxygen atoms in total. The van der Waals surface area contributed by atoms with E-state index in [1.165, 1.54) is 42.8 Å². The monoisotopic (exact) mass is 342 g/mol. The summed E-state index contributed by atoms with van der Waals surface area (Å²) in [6.45, 7) is 1.97. The van der Waals surface area contributed by atoms with Gasteiger partial charge in [0.2, 0.25) is 0 Å². The molecule has 3 rings (SSSR count). The fourth-order valence-corrected chi connectivity index (χ4v) is 3.16. The number of nitrogens with zero attached hydrogens (tertiary/aromatic N) is 2. The molecule has 0 unspecified atom stereocenters. The van der Waals surface area contributed by atoms with Crippen molar-refractivity contribution < 1.29 is 0 Å². The van der Waals surface area contributed by atoms with Gasteiger partial charge >= 0.3 is 0 Å². The maximum atomic E-state index is 4.91. The van der Waals surface area contributed by atoms with Crippen LogP contribution in [-0.2, 0) is 6.42 Å². The highest BCUT2D eigenvalue weighted by Gasteiger charge is 2.14. The van der Waals surface area contributed by atoms with Gasteiger partial charge in [0.05, 0.1) is 0 Å². The Balaban J connectivity index is 0.00000208. The van der Waals surface area contributed by atoms with Crippen molar-refractivity contribution in [3.05, 3.63) is 66.2 Å². The van der Waals surface area contributed by atoms with E-state index in [0.29, 0.717) is 0 Å². The number of para-hydroxylation sites is 1. The Morgan fingerprint density at radius 1 is 0.792 bits per heavy atom. The fraction of sp³-hybridized carbons (Fsp3) is 0.381. The van der Waals surface area contributed by atoms with Gasteiger partial charge in [-0.1, -0.05) is 61.4 Å². The van der Waals surface area contributed by atoms with E-state index in [1.807, 2.05) is 0 Å². The molecule has 0 amide bonds. The number of benzene rings is 2. The Morgan fingerprint density at radius 3 is 2.21 bits per heavy atom. The van der Waals surface area contributed by atoms with E-state index < -0.39 is 0 Å².